The Morgan fingerprint density at radius 1 is 1.22 bits per heavy atom. The van der Waals surface area contributed by atoms with Gasteiger partial charge in [0.25, 0.3) is 0 Å². The molecule has 4 rings (SSSR count). The molecule has 23 heavy (non-hydrogen) atoms. The average Bonchev–Trinajstić information content (AvgIpc) is 3.09. The van der Waals surface area contributed by atoms with E-state index in [2.05, 4.69) is 6.92 Å². The van der Waals surface area contributed by atoms with E-state index in [1.54, 1.807) is 6.92 Å². The van der Waals surface area contributed by atoms with Crippen LogP contribution in [0.5, 0.6) is 11.5 Å². The van der Waals surface area contributed by atoms with Crippen LogP contribution in [0.15, 0.2) is 24.3 Å². The van der Waals surface area contributed by atoms with Gasteiger partial charge in [-0.15, -0.1) is 0 Å². The Balaban J connectivity index is 1.96. The number of carbonyl (C=O) groups excluding carboxylic acids is 1. The van der Waals surface area contributed by atoms with Crippen molar-refractivity contribution in [1.82, 2.24) is 0 Å². The van der Waals surface area contributed by atoms with Gasteiger partial charge in [0.05, 0.1) is 6.61 Å². The molecule has 2 aromatic rings. The van der Waals surface area contributed by atoms with Gasteiger partial charge < -0.3 is 14.6 Å². The second-order valence-corrected chi connectivity index (χ2v) is 6.59. The van der Waals surface area contributed by atoms with Gasteiger partial charge in [-0.3, -0.25) is 0 Å². The van der Waals surface area contributed by atoms with E-state index >= 15 is 0 Å². The molecule has 1 N–H and O–H groups in total. The molecule has 4 heteroatoms. The molecule has 0 aromatic heterocycles. The molecule has 0 spiro atoms. The van der Waals surface area contributed by atoms with Crippen LogP contribution in [0.4, 0.5) is 4.79 Å². The van der Waals surface area contributed by atoms with Crippen molar-refractivity contribution in [3.63, 3.8) is 0 Å². The molecule has 0 saturated heterocycles. The van der Waals surface area contributed by atoms with Crippen LogP contribution >= 0.6 is 0 Å². The summed E-state index contributed by atoms with van der Waals surface area (Å²) < 4.78 is 10.5. The SMILES string of the molecule is CCOC(=O)Oc1c2c(c(O)c3ccccc13)C1CC2CC1C. The largest absolute Gasteiger partial charge is 0.513 e. The van der Waals surface area contributed by atoms with Crippen molar-refractivity contribution in [1.29, 1.82) is 0 Å². The molecular formula is C19H20O4. The zero-order chi connectivity index (χ0) is 16.1. The lowest BCUT2D eigenvalue weighted by atomic mass is 9.82. The lowest BCUT2D eigenvalue weighted by Crippen LogP contribution is -2.14. The van der Waals surface area contributed by atoms with Crippen LogP contribution < -0.4 is 4.74 Å². The zero-order valence-corrected chi connectivity index (χ0v) is 13.3. The second kappa shape index (κ2) is 5.15. The minimum Gasteiger partial charge on any atom is -0.507 e. The third kappa shape index (κ3) is 2.01. The summed E-state index contributed by atoms with van der Waals surface area (Å²) in [6, 6.07) is 7.54. The summed E-state index contributed by atoms with van der Waals surface area (Å²) in [7, 11) is 0. The predicted octanol–water partition coefficient (Wildman–Crippen LogP) is 4.69. The Hall–Kier alpha value is -2.23. The van der Waals surface area contributed by atoms with Crippen LogP contribution in [-0.2, 0) is 4.74 Å². The second-order valence-electron chi connectivity index (χ2n) is 6.59. The summed E-state index contributed by atoms with van der Waals surface area (Å²) in [5.74, 6) is 2.18. The molecule has 0 heterocycles. The van der Waals surface area contributed by atoms with E-state index in [9.17, 15) is 9.90 Å². The maximum Gasteiger partial charge on any atom is 0.513 e. The Morgan fingerprint density at radius 2 is 1.96 bits per heavy atom. The van der Waals surface area contributed by atoms with Crippen molar-refractivity contribution in [2.24, 2.45) is 5.92 Å². The molecule has 1 fully saturated rings. The zero-order valence-electron chi connectivity index (χ0n) is 13.3. The number of hydrogen-bond donors (Lipinski definition) is 1. The number of fused-ring (bicyclic) bond motifs is 6. The summed E-state index contributed by atoms with van der Waals surface area (Å²) in [5, 5.41) is 12.3. The van der Waals surface area contributed by atoms with Gasteiger partial charge in [-0.1, -0.05) is 31.2 Å². The molecule has 2 bridgehead atoms. The van der Waals surface area contributed by atoms with Crippen molar-refractivity contribution in [3.8, 4) is 11.5 Å². The van der Waals surface area contributed by atoms with E-state index in [4.69, 9.17) is 9.47 Å². The highest BCUT2D eigenvalue weighted by atomic mass is 16.7. The van der Waals surface area contributed by atoms with Crippen molar-refractivity contribution in [2.75, 3.05) is 6.61 Å². The van der Waals surface area contributed by atoms with Crippen LogP contribution in [0.2, 0.25) is 0 Å². The molecule has 2 aromatic carbocycles. The Bertz CT molecular complexity index is 796. The van der Waals surface area contributed by atoms with Gasteiger partial charge in [-0.2, -0.15) is 0 Å². The molecule has 3 atom stereocenters. The number of phenolic OH excluding ortho intramolecular Hbond substituents is 1. The molecule has 1 saturated carbocycles. The van der Waals surface area contributed by atoms with E-state index in [-0.39, 0.29) is 6.61 Å². The number of carbonyl (C=O) groups is 1. The number of ether oxygens (including phenoxy) is 2. The quantitative estimate of drug-likeness (QED) is 0.645. The molecular weight excluding hydrogens is 292 g/mol. The van der Waals surface area contributed by atoms with E-state index in [0.717, 1.165) is 34.7 Å². The molecule has 3 unspecified atom stereocenters. The van der Waals surface area contributed by atoms with Crippen molar-refractivity contribution in [2.45, 2.75) is 38.5 Å². The van der Waals surface area contributed by atoms with Gasteiger partial charge in [0.2, 0.25) is 0 Å². The molecule has 0 amide bonds. The molecule has 2 aliphatic carbocycles. The van der Waals surface area contributed by atoms with Gasteiger partial charge in [0.15, 0.2) is 0 Å². The van der Waals surface area contributed by atoms with Gasteiger partial charge in [-0.05, 0) is 37.5 Å². The van der Waals surface area contributed by atoms with Crippen LogP contribution in [0.1, 0.15) is 49.7 Å². The van der Waals surface area contributed by atoms with Crippen LogP contribution in [-0.4, -0.2) is 17.9 Å². The van der Waals surface area contributed by atoms with Crippen molar-refractivity contribution < 1.29 is 19.4 Å². The Kier molecular flexibility index (Phi) is 3.22. The maximum absolute atomic E-state index is 11.9. The van der Waals surface area contributed by atoms with Gasteiger partial charge in [0, 0.05) is 21.9 Å². The van der Waals surface area contributed by atoms with Crippen LogP contribution in [0.3, 0.4) is 0 Å². The Labute approximate surface area is 135 Å². The lowest BCUT2D eigenvalue weighted by molar-refractivity contribution is 0.104. The molecule has 4 nitrogen and oxygen atoms in total. The van der Waals surface area contributed by atoms with E-state index < -0.39 is 6.16 Å². The third-order valence-electron chi connectivity index (χ3n) is 5.32. The maximum atomic E-state index is 11.9. The summed E-state index contributed by atoms with van der Waals surface area (Å²) in [6.07, 6.45) is 1.43. The summed E-state index contributed by atoms with van der Waals surface area (Å²) in [5.41, 5.74) is 1.99. The number of benzene rings is 2. The highest BCUT2D eigenvalue weighted by Gasteiger charge is 2.46. The predicted molar refractivity (Wildman–Crippen MR) is 87.1 cm³/mol. The monoisotopic (exact) mass is 312 g/mol. The molecule has 2 aliphatic rings. The van der Waals surface area contributed by atoms with Crippen molar-refractivity contribution in [3.05, 3.63) is 35.4 Å². The normalized spacial score (nSPS) is 24.7. The highest BCUT2D eigenvalue weighted by Crippen LogP contribution is 2.62. The first-order chi connectivity index (χ1) is 11.1. The number of aromatic hydroxyl groups is 1. The fraction of sp³-hybridized carbons (Fsp3) is 0.421. The fourth-order valence-electron chi connectivity index (χ4n) is 4.44. The average molecular weight is 312 g/mol. The Morgan fingerprint density at radius 3 is 2.70 bits per heavy atom. The van der Waals surface area contributed by atoms with Crippen molar-refractivity contribution >= 4 is 16.9 Å². The summed E-state index contributed by atoms with van der Waals surface area (Å²) >= 11 is 0. The van der Waals surface area contributed by atoms with Crippen LogP contribution in [0, 0.1) is 5.92 Å². The van der Waals surface area contributed by atoms with Gasteiger partial charge in [-0.25, -0.2) is 4.79 Å². The molecule has 0 aliphatic heterocycles. The van der Waals surface area contributed by atoms with Gasteiger partial charge >= 0.3 is 6.16 Å². The van der Waals surface area contributed by atoms with E-state index in [0.29, 0.717) is 29.3 Å². The fourth-order valence-corrected chi connectivity index (χ4v) is 4.44. The first kappa shape index (κ1) is 14.4. The number of hydrogen-bond acceptors (Lipinski definition) is 4. The summed E-state index contributed by atoms with van der Waals surface area (Å²) in [4.78, 5) is 11.9. The number of rotatable bonds is 2. The van der Waals surface area contributed by atoms with Crippen LogP contribution in [0.25, 0.3) is 10.8 Å². The smallest absolute Gasteiger partial charge is 0.507 e. The molecule has 120 valence electrons. The minimum atomic E-state index is -0.679. The van der Waals surface area contributed by atoms with E-state index in [1.165, 1.54) is 0 Å². The first-order valence-corrected chi connectivity index (χ1v) is 8.23. The molecule has 0 radical (unpaired) electrons. The third-order valence-corrected chi connectivity index (χ3v) is 5.32. The summed E-state index contributed by atoms with van der Waals surface area (Å²) in [6.45, 7) is 4.26. The highest BCUT2D eigenvalue weighted by molar-refractivity contribution is 5.97. The lowest BCUT2D eigenvalue weighted by Gasteiger charge is -2.25. The van der Waals surface area contributed by atoms with E-state index in [1.807, 2.05) is 24.3 Å². The number of phenols is 1. The minimum absolute atomic E-state index is 0.278. The first-order valence-electron chi connectivity index (χ1n) is 8.23. The van der Waals surface area contributed by atoms with Gasteiger partial charge in [0.1, 0.15) is 11.5 Å². The topological polar surface area (TPSA) is 55.8 Å². The standard InChI is InChI=1S/C19H20O4/c1-3-22-19(21)23-18-13-7-5-4-6-12(13)17(20)16-14-9-11(15(16)18)8-10(14)2/h4-7,10-11,14,20H,3,8-9H2,1-2H3.